The van der Waals surface area contributed by atoms with Gasteiger partial charge in [0.1, 0.15) is 0 Å². The number of aryl methyl sites for hydroxylation is 1. The predicted octanol–water partition coefficient (Wildman–Crippen LogP) is 2.23. The minimum absolute atomic E-state index is 0.0572. The van der Waals surface area contributed by atoms with Gasteiger partial charge in [-0.25, -0.2) is 8.78 Å². The Kier molecular flexibility index (Phi) is 3.88. The van der Waals surface area contributed by atoms with E-state index in [1.54, 1.807) is 0 Å². The van der Waals surface area contributed by atoms with Crippen molar-refractivity contribution in [2.75, 3.05) is 6.54 Å². The van der Waals surface area contributed by atoms with E-state index in [0.717, 1.165) is 0 Å². The predicted molar refractivity (Wildman–Crippen MR) is 78.2 cm³/mol. The standard InChI is InChI=1S/C15H17F2N5O/c1-2-3-5-15(21-22-15)7-8-18-13(23)12-10-9-14(16,17)6-4-11(10)19-20-12/h1H,3-9H2,(H,18,23)(H,19,20). The molecular formula is C15H17F2N5O. The molecule has 0 spiro atoms. The zero-order valence-corrected chi connectivity index (χ0v) is 12.5. The van der Waals surface area contributed by atoms with Crippen molar-refractivity contribution >= 4 is 5.91 Å². The Morgan fingerprint density at radius 1 is 1.39 bits per heavy atom. The SMILES string of the molecule is C#CCCC1(CCNC(=O)c2n[nH]c3c2CC(F)(F)CC3)N=N1. The molecule has 0 bridgehead atoms. The molecule has 1 aliphatic heterocycles. The van der Waals surface area contributed by atoms with Crippen molar-refractivity contribution in [1.29, 1.82) is 0 Å². The highest BCUT2D eigenvalue weighted by atomic mass is 19.3. The second kappa shape index (κ2) is 5.72. The van der Waals surface area contributed by atoms with Gasteiger partial charge in [0, 0.05) is 49.9 Å². The van der Waals surface area contributed by atoms with Crippen LogP contribution in [-0.2, 0) is 12.8 Å². The summed E-state index contributed by atoms with van der Waals surface area (Å²) in [6, 6.07) is 0. The Hall–Kier alpha value is -2.30. The van der Waals surface area contributed by atoms with Gasteiger partial charge in [-0.15, -0.1) is 12.3 Å². The summed E-state index contributed by atoms with van der Waals surface area (Å²) in [5, 5.41) is 17.2. The molecule has 2 N–H and O–H groups in total. The molecule has 1 aromatic heterocycles. The summed E-state index contributed by atoms with van der Waals surface area (Å²) in [5.41, 5.74) is 0.527. The molecule has 2 aliphatic rings. The Bertz CT molecular complexity index is 683. The van der Waals surface area contributed by atoms with E-state index >= 15 is 0 Å². The highest BCUT2D eigenvalue weighted by Crippen LogP contribution is 2.36. The van der Waals surface area contributed by atoms with Crippen LogP contribution in [0.5, 0.6) is 0 Å². The quantitative estimate of drug-likeness (QED) is 0.788. The summed E-state index contributed by atoms with van der Waals surface area (Å²) in [4.78, 5) is 12.2. The van der Waals surface area contributed by atoms with Gasteiger partial charge >= 0.3 is 0 Å². The van der Waals surface area contributed by atoms with Gasteiger partial charge in [-0.05, 0) is 6.42 Å². The van der Waals surface area contributed by atoms with Crippen molar-refractivity contribution in [3.05, 3.63) is 17.0 Å². The molecular weight excluding hydrogens is 304 g/mol. The number of halogens is 2. The molecule has 0 aromatic carbocycles. The molecule has 0 atom stereocenters. The van der Waals surface area contributed by atoms with Crippen LogP contribution in [0.2, 0.25) is 0 Å². The normalized spacial score (nSPS) is 19.7. The first-order chi connectivity index (χ1) is 10.9. The van der Waals surface area contributed by atoms with Crippen molar-refractivity contribution < 1.29 is 13.6 Å². The molecule has 122 valence electrons. The van der Waals surface area contributed by atoms with Gasteiger partial charge in [-0.1, -0.05) is 0 Å². The third kappa shape index (κ3) is 3.38. The third-order valence-electron chi connectivity index (χ3n) is 4.21. The van der Waals surface area contributed by atoms with Crippen LogP contribution in [0.1, 0.15) is 47.4 Å². The number of hydrogen-bond donors (Lipinski definition) is 2. The molecule has 0 fully saturated rings. The van der Waals surface area contributed by atoms with E-state index in [2.05, 4.69) is 31.7 Å². The smallest absolute Gasteiger partial charge is 0.272 e. The summed E-state index contributed by atoms with van der Waals surface area (Å²) in [7, 11) is 0. The summed E-state index contributed by atoms with van der Waals surface area (Å²) in [6.45, 7) is 0.342. The molecule has 0 saturated carbocycles. The molecule has 0 unspecified atom stereocenters. The van der Waals surface area contributed by atoms with Crippen molar-refractivity contribution in [3.8, 4) is 12.3 Å². The lowest BCUT2D eigenvalue weighted by Crippen LogP contribution is -2.31. The summed E-state index contributed by atoms with van der Waals surface area (Å²) >= 11 is 0. The number of rotatable bonds is 6. The number of fused-ring (bicyclic) bond motifs is 1. The Morgan fingerprint density at radius 2 is 2.17 bits per heavy atom. The second-order valence-corrected chi connectivity index (χ2v) is 5.95. The van der Waals surface area contributed by atoms with E-state index in [0.29, 0.717) is 37.1 Å². The number of alkyl halides is 2. The largest absolute Gasteiger partial charge is 0.350 e. The Morgan fingerprint density at radius 3 is 2.87 bits per heavy atom. The Balaban J connectivity index is 1.56. The minimum atomic E-state index is -2.78. The van der Waals surface area contributed by atoms with Crippen LogP contribution in [0.4, 0.5) is 8.78 Å². The number of amides is 1. The van der Waals surface area contributed by atoms with Gasteiger partial charge in [0.2, 0.25) is 0 Å². The molecule has 2 heterocycles. The van der Waals surface area contributed by atoms with Crippen LogP contribution in [0.25, 0.3) is 0 Å². The first kappa shape index (κ1) is 15.6. The summed E-state index contributed by atoms with van der Waals surface area (Å²) in [6.07, 6.45) is 6.53. The lowest BCUT2D eigenvalue weighted by Gasteiger charge is -2.21. The highest BCUT2D eigenvalue weighted by Gasteiger charge is 2.40. The van der Waals surface area contributed by atoms with Crippen molar-refractivity contribution in [2.24, 2.45) is 10.2 Å². The zero-order valence-electron chi connectivity index (χ0n) is 12.5. The monoisotopic (exact) mass is 321 g/mol. The number of carbonyl (C=O) groups excluding carboxylic acids is 1. The van der Waals surface area contributed by atoms with Gasteiger partial charge in [0.15, 0.2) is 11.4 Å². The maximum absolute atomic E-state index is 13.5. The molecule has 0 saturated heterocycles. The molecule has 1 aliphatic carbocycles. The number of nitrogens with one attached hydrogen (secondary N) is 2. The fourth-order valence-electron chi connectivity index (χ4n) is 2.77. The molecule has 6 nitrogen and oxygen atoms in total. The van der Waals surface area contributed by atoms with E-state index in [4.69, 9.17) is 6.42 Å². The highest BCUT2D eigenvalue weighted by molar-refractivity contribution is 5.94. The molecule has 1 amide bonds. The van der Waals surface area contributed by atoms with Crippen LogP contribution in [0.3, 0.4) is 0 Å². The average Bonchev–Trinajstić information content (AvgIpc) is 3.15. The topological polar surface area (TPSA) is 82.5 Å². The van der Waals surface area contributed by atoms with Gasteiger partial charge in [-0.2, -0.15) is 15.3 Å². The van der Waals surface area contributed by atoms with E-state index < -0.39 is 23.9 Å². The molecule has 8 heteroatoms. The summed E-state index contributed by atoms with van der Waals surface area (Å²) < 4.78 is 27.0. The number of aromatic amines is 1. The second-order valence-electron chi connectivity index (χ2n) is 5.95. The van der Waals surface area contributed by atoms with Crippen molar-refractivity contribution in [1.82, 2.24) is 15.5 Å². The van der Waals surface area contributed by atoms with E-state index in [1.807, 2.05) is 0 Å². The molecule has 3 rings (SSSR count). The summed E-state index contributed by atoms with van der Waals surface area (Å²) in [5.74, 6) is -0.697. The lowest BCUT2D eigenvalue weighted by molar-refractivity contribution is -0.0125. The van der Waals surface area contributed by atoms with Crippen molar-refractivity contribution in [2.45, 2.75) is 50.1 Å². The first-order valence-corrected chi connectivity index (χ1v) is 7.54. The molecule has 1 aromatic rings. The number of hydrogen-bond acceptors (Lipinski definition) is 4. The van der Waals surface area contributed by atoms with E-state index in [1.165, 1.54) is 0 Å². The van der Waals surface area contributed by atoms with Gasteiger partial charge in [-0.3, -0.25) is 9.89 Å². The van der Waals surface area contributed by atoms with Crippen molar-refractivity contribution in [3.63, 3.8) is 0 Å². The van der Waals surface area contributed by atoms with E-state index in [-0.39, 0.29) is 18.5 Å². The van der Waals surface area contributed by atoms with Gasteiger partial charge in [0.05, 0.1) is 0 Å². The van der Waals surface area contributed by atoms with E-state index in [9.17, 15) is 13.6 Å². The van der Waals surface area contributed by atoms with Crippen LogP contribution < -0.4 is 5.32 Å². The maximum atomic E-state index is 13.5. The fraction of sp³-hybridized carbons (Fsp3) is 0.600. The number of aromatic nitrogens is 2. The first-order valence-electron chi connectivity index (χ1n) is 7.54. The third-order valence-corrected chi connectivity index (χ3v) is 4.21. The molecule has 0 radical (unpaired) electrons. The zero-order chi connectivity index (χ0) is 16.5. The van der Waals surface area contributed by atoms with Crippen LogP contribution in [0.15, 0.2) is 10.2 Å². The van der Waals surface area contributed by atoms with Crippen LogP contribution in [0, 0.1) is 12.3 Å². The molecule has 23 heavy (non-hydrogen) atoms. The number of H-pyrrole nitrogens is 1. The average molecular weight is 321 g/mol. The number of terminal acetylenes is 1. The van der Waals surface area contributed by atoms with Crippen LogP contribution in [-0.4, -0.2) is 34.2 Å². The van der Waals surface area contributed by atoms with Gasteiger partial charge in [0.25, 0.3) is 11.8 Å². The Labute approximate surface area is 132 Å². The maximum Gasteiger partial charge on any atom is 0.272 e. The fourth-order valence-corrected chi connectivity index (χ4v) is 2.77. The number of nitrogens with zero attached hydrogens (tertiary/aromatic N) is 3. The van der Waals surface area contributed by atoms with Gasteiger partial charge < -0.3 is 5.32 Å². The lowest BCUT2D eigenvalue weighted by atomic mass is 9.92. The van der Waals surface area contributed by atoms with Crippen LogP contribution >= 0.6 is 0 Å². The number of carbonyl (C=O) groups is 1. The minimum Gasteiger partial charge on any atom is -0.350 e.